The molecule has 0 aromatic heterocycles. The first kappa shape index (κ1) is 63.9. The van der Waals surface area contributed by atoms with E-state index in [2.05, 4.69) is 0 Å². The molecule has 0 radical (unpaired) electrons. The van der Waals surface area contributed by atoms with Gasteiger partial charge in [-0.3, -0.25) is 9.59 Å². The molecule has 0 spiro atoms. The molecule has 73 heavy (non-hydrogen) atoms. The van der Waals surface area contributed by atoms with Crippen molar-refractivity contribution in [3.63, 3.8) is 0 Å². The Morgan fingerprint density at radius 2 is 1.42 bits per heavy atom. The van der Waals surface area contributed by atoms with E-state index in [1.54, 1.807) is 66.6 Å². The lowest BCUT2D eigenvalue weighted by Crippen LogP contribution is -2.65. The Morgan fingerprint density at radius 1 is 0.836 bits per heavy atom. The number of nitrogens with zero attached hydrogens (tertiary/aromatic N) is 1. The van der Waals surface area contributed by atoms with Crippen LogP contribution in [0.4, 0.5) is 0 Å². The number of esters is 1. The van der Waals surface area contributed by atoms with E-state index in [9.17, 15) is 49.5 Å². The minimum atomic E-state index is -2.27. The number of methoxy groups -OCH3 is 2. The number of carbonyl (C=O) groups is 5. The van der Waals surface area contributed by atoms with Crippen LogP contribution in [0.5, 0.6) is 0 Å². The molecular formula is C49H81NO23. The number of aliphatic hydroxyl groups is 7. The molecule has 420 valence electrons. The maximum absolute atomic E-state index is 13.7. The highest BCUT2D eigenvalue weighted by atomic mass is 16.7. The molecule has 0 bridgehead atoms. The van der Waals surface area contributed by atoms with Crippen LogP contribution in [0.15, 0.2) is 23.8 Å². The molecular weight excluding hydrogens is 971 g/mol. The summed E-state index contributed by atoms with van der Waals surface area (Å²) in [5.41, 5.74) is -0.826. The van der Waals surface area contributed by atoms with E-state index in [4.69, 9.17) is 63.1 Å². The Labute approximate surface area is 426 Å². The average molecular weight is 1050 g/mol. The van der Waals surface area contributed by atoms with Crippen LogP contribution in [0.3, 0.4) is 0 Å². The molecule has 4 rings (SSSR count). The molecule has 23 unspecified atom stereocenters. The molecule has 0 amide bonds. The van der Waals surface area contributed by atoms with Gasteiger partial charge in [0.2, 0.25) is 0 Å². The van der Waals surface area contributed by atoms with Gasteiger partial charge in [-0.25, -0.2) is 9.59 Å². The Kier molecular flexibility index (Phi) is 25.1. The van der Waals surface area contributed by atoms with E-state index >= 15 is 0 Å². The molecule has 0 aromatic rings. The third-order valence-corrected chi connectivity index (χ3v) is 13.9. The monoisotopic (exact) mass is 1050 g/mol. The first-order valence-electron chi connectivity index (χ1n) is 24.5. The fourth-order valence-electron chi connectivity index (χ4n) is 9.46. The van der Waals surface area contributed by atoms with Crippen molar-refractivity contribution in [1.29, 1.82) is 0 Å². The Bertz CT molecular complexity index is 1830. The van der Waals surface area contributed by atoms with E-state index < -0.39 is 164 Å². The first-order valence-corrected chi connectivity index (χ1v) is 24.5. The van der Waals surface area contributed by atoms with Crippen molar-refractivity contribution in [3.8, 4) is 0 Å². The fraction of sp³-hybridized carbons (Fsp3) is 0.816. The zero-order valence-corrected chi connectivity index (χ0v) is 43.7. The zero-order chi connectivity index (χ0) is 55.4. The van der Waals surface area contributed by atoms with E-state index in [1.165, 1.54) is 27.2 Å². The summed E-state index contributed by atoms with van der Waals surface area (Å²) in [6.45, 7) is 13.5. The number of hydrogen-bond donors (Lipinski definition) is 9. The number of rotatable bonds is 15. The second-order valence-corrected chi connectivity index (χ2v) is 19.9. The van der Waals surface area contributed by atoms with Gasteiger partial charge in [0, 0.05) is 44.3 Å². The summed E-state index contributed by atoms with van der Waals surface area (Å²) >= 11 is 0. The van der Waals surface area contributed by atoms with Crippen LogP contribution in [-0.2, 0) is 66.6 Å². The van der Waals surface area contributed by atoms with Crippen LogP contribution in [-0.4, -0.2) is 232 Å². The molecule has 4 aliphatic rings. The molecule has 3 fully saturated rings. The summed E-state index contributed by atoms with van der Waals surface area (Å²) in [5, 5.41) is 88.1. The Hall–Kier alpha value is -3.41. The summed E-state index contributed by atoms with van der Waals surface area (Å²) in [6.07, 6.45) is -13.6. The Morgan fingerprint density at radius 3 is 1.95 bits per heavy atom. The summed E-state index contributed by atoms with van der Waals surface area (Å²) in [7, 11) is 6.40. The molecule has 23 atom stereocenters. The molecule has 24 heteroatoms. The maximum atomic E-state index is 13.7. The lowest BCUT2D eigenvalue weighted by molar-refractivity contribution is -0.341. The summed E-state index contributed by atoms with van der Waals surface area (Å²) in [6, 6.07) is -0.767. The summed E-state index contributed by atoms with van der Waals surface area (Å²) in [5.74, 6) is -7.68. The van der Waals surface area contributed by atoms with Crippen molar-refractivity contribution >= 4 is 30.0 Å². The SMILES string of the molecule is CCC1OC(=O)CC(O)C(C)C(OC2OC(C)C(OC3CC(C)(O)C(O)C(C)O3)C(N(C)C)C2O)C(C=O)CC(C)C(=O)C=CC(C)=CC1COC1OC(C)C(O)C(OC)C1OC.O=C(O)C(O)C(O)C(=O)O. The molecule has 4 heterocycles. The normalized spacial score (nSPS) is 41.1. The Balaban J connectivity index is 0.00000126. The number of cyclic esters (lactones) is 1. The highest BCUT2D eigenvalue weighted by Gasteiger charge is 2.52. The van der Waals surface area contributed by atoms with Crippen LogP contribution in [0.25, 0.3) is 0 Å². The smallest absolute Gasteiger partial charge is 0.335 e. The zero-order valence-electron chi connectivity index (χ0n) is 43.7. The molecule has 3 saturated heterocycles. The van der Waals surface area contributed by atoms with Crippen molar-refractivity contribution in [2.24, 2.45) is 23.7 Å². The van der Waals surface area contributed by atoms with Gasteiger partial charge in [-0.1, -0.05) is 38.5 Å². The summed E-state index contributed by atoms with van der Waals surface area (Å²) < 4.78 is 54.4. The van der Waals surface area contributed by atoms with Gasteiger partial charge in [0.15, 0.2) is 36.9 Å². The number of aldehydes is 1. The van der Waals surface area contributed by atoms with Gasteiger partial charge in [0.25, 0.3) is 0 Å². The highest BCUT2D eigenvalue weighted by Crippen LogP contribution is 2.37. The third-order valence-electron chi connectivity index (χ3n) is 13.9. The molecule has 0 aliphatic carbocycles. The number of hydrogen-bond acceptors (Lipinski definition) is 22. The lowest BCUT2D eigenvalue weighted by Gasteiger charge is -2.50. The van der Waals surface area contributed by atoms with E-state index in [1.807, 2.05) is 13.0 Å². The van der Waals surface area contributed by atoms with Gasteiger partial charge in [0.05, 0.1) is 55.2 Å². The number of ketones is 1. The second-order valence-electron chi connectivity index (χ2n) is 19.9. The number of ether oxygens (including phenoxy) is 9. The second kappa shape index (κ2) is 28.6. The first-order chi connectivity index (χ1) is 34.0. The number of aliphatic carboxylic acids is 2. The van der Waals surface area contributed by atoms with E-state index in [-0.39, 0.29) is 25.2 Å². The van der Waals surface area contributed by atoms with Gasteiger partial charge in [0.1, 0.15) is 49.0 Å². The lowest BCUT2D eigenvalue weighted by atomic mass is 9.81. The molecule has 9 N–H and O–H groups in total. The van der Waals surface area contributed by atoms with Crippen LogP contribution in [0, 0.1) is 23.7 Å². The minimum Gasteiger partial charge on any atom is -0.479 e. The molecule has 0 saturated carbocycles. The maximum Gasteiger partial charge on any atom is 0.335 e. The number of carbonyl (C=O) groups excluding carboxylic acids is 3. The van der Waals surface area contributed by atoms with Gasteiger partial charge in [-0.2, -0.15) is 0 Å². The number of aliphatic hydroxyl groups excluding tert-OH is 6. The van der Waals surface area contributed by atoms with Gasteiger partial charge < -0.3 is 98.3 Å². The van der Waals surface area contributed by atoms with E-state index in [0.717, 1.165) is 0 Å². The van der Waals surface area contributed by atoms with E-state index in [0.29, 0.717) is 18.3 Å². The van der Waals surface area contributed by atoms with Crippen molar-refractivity contribution in [2.45, 2.75) is 197 Å². The summed E-state index contributed by atoms with van der Waals surface area (Å²) in [4.78, 5) is 61.5. The fourth-order valence-corrected chi connectivity index (χ4v) is 9.46. The minimum absolute atomic E-state index is 0.0117. The van der Waals surface area contributed by atoms with Crippen LogP contribution in [0.2, 0.25) is 0 Å². The van der Waals surface area contributed by atoms with Gasteiger partial charge in [-0.05, 0) is 67.6 Å². The predicted molar refractivity (Wildman–Crippen MR) is 253 cm³/mol. The quantitative estimate of drug-likeness (QED) is 0.0725. The topological polar surface area (TPSA) is 354 Å². The van der Waals surface area contributed by atoms with Gasteiger partial charge >= 0.3 is 17.9 Å². The van der Waals surface area contributed by atoms with Crippen molar-refractivity contribution < 1.29 is 113 Å². The number of allylic oxidation sites excluding steroid dienone is 3. The molecule has 24 nitrogen and oxygen atoms in total. The number of likely N-dealkylation sites (N-methyl/N-ethyl adjacent to an activating group) is 1. The standard InChI is InChI=1S/C45H75NO17.C4H6O6/c1-13-32-29(21-57-44-41(56-12)40(55-11)36(51)25(5)59-44)16-22(2)14-15-30(48)23(3)17-28(20-47)38(24(4)31(49)18-33(50)61-32)63-43-37(52)35(46(9)10)39(26(6)60-43)62-34-19-45(8,54)42(53)27(7)58-34;5-1(3(7)8)2(6)4(9)10/h14-16,20,23-29,31-32,34-44,49,51-54H,13,17-19,21H2,1-12H3;1-2,5-6H,(H,7,8)(H,9,10). The molecule has 4 aliphatic heterocycles. The van der Waals surface area contributed by atoms with Crippen LogP contribution < -0.4 is 0 Å². The highest BCUT2D eigenvalue weighted by molar-refractivity contribution is 5.92. The van der Waals surface area contributed by atoms with Crippen molar-refractivity contribution in [3.05, 3.63) is 23.8 Å². The van der Waals surface area contributed by atoms with Crippen LogP contribution >= 0.6 is 0 Å². The predicted octanol–water partition coefficient (Wildman–Crippen LogP) is -0.679. The average Bonchev–Trinajstić information content (AvgIpc) is 3.32. The number of carboxylic acid groups (broad SMARTS) is 2. The molecule has 0 aromatic carbocycles. The van der Waals surface area contributed by atoms with Gasteiger partial charge in [-0.15, -0.1) is 0 Å². The van der Waals surface area contributed by atoms with Crippen LogP contribution in [0.1, 0.15) is 81.1 Å². The largest absolute Gasteiger partial charge is 0.479 e. The van der Waals surface area contributed by atoms with Crippen molar-refractivity contribution in [1.82, 2.24) is 4.90 Å². The third kappa shape index (κ3) is 17.0. The number of carboxylic acids is 2. The van der Waals surface area contributed by atoms with Crippen molar-refractivity contribution in [2.75, 3.05) is 34.9 Å².